The highest BCUT2D eigenvalue weighted by Crippen LogP contribution is 2.35. The molecule has 3 heterocycles. The van der Waals surface area contributed by atoms with Crippen molar-refractivity contribution in [3.8, 4) is 34.0 Å². The van der Waals surface area contributed by atoms with Gasteiger partial charge in [0, 0.05) is 35.8 Å². The minimum atomic E-state index is -0.511. The number of halogens is 1. The van der Waals surface area contributed by atoms with Gasteiger partial charge in [0.05, 0.1) is 19.0 Å². The molecule has 2 aromatic heterocycles. The molecular formula is C19H18FN5O2. The summed E-state index contributed by atoms with van der Waals surface area (Å²) in [5.74, 6) is 0.454. The van der Waals surface area contributed by atoms with Crippen molar-refractivity contribution < 1.29 is 14.2 Å². The second kappa shape index (κ2) is 7.14. The smallest absolute Gasteiger partial charge is 0.233 e. The van der Waals surface area contributed by atoms with E-state index in [4.69, 9.17) is 4.74 Å². The zero-order chi connectivity index (χ0) is 18.8. The first-order chi connectivity index (χ1) is 13.2. The van der Waals surface area contributed by atoms with Crippen LogP contribution in [0.4, 0.5) is 10.2 Å². The van der Waals surface area contributed by atoms with Crippen molar-refractivity contribution in [2.24, 2.45) is 0 Å². The predicted octanol–water partition coefficient (Wildman–Crippen LogP) is 3.05. The molecule has 8 heteroatoms. The number of phenols is 1. The zero-order valence-electron chi connectivity index (χ0n) is 14.8. The Morgan fingerprint density at radius 2 is 1.85 bits per heavy atom. The Morgan fingerprint density at radius 1 is 1.04 bits per heavy atom. The molecule has 1 aromatic carbocycles. The SMILES string of the molecule is COc1cc(-c2cc(O)c(-c3ccc(N4CCCC4)nn3)cc2F)cnn1. The number of ether oxygens (including phenoxy) is 1. The van der Waals surface area contributed by atoms with Gasteiger partial charge < -0.3 is 14.7 Å². The summed E-state index contributed by atoms with van der Waals surface area (Å²) >= 11 is 0. The number of aromatic hydroxyl groups is 1. The van der Waals surface area contributed by atoms with Gasteiger partial charge in [0.2, 0.25) is 5.88 Å². The van der Waals surface area contributed by atoms with Crippen molar-refractivity contribution in [2.75, 3.05) is 25.1 Å². The van der Waals surface area contributed by atoms with Crippen molar-refractivity contribution in [1.29, 1.82) is 0 Å². The number of aromatic nitrogens is 4. The Bertz CT molecular complexity index is 959. The summed E-state index contributed by atoms with van der Waals surface area (Å²) in [6.07, 6.45) is 3.70. The number of hydrogen-bond acceptors (Lipinski definition) is 7. The number of rotatable bonds is 4. The van der Waals surface area contributed by atoms with Crippen LogP contribution in [0.3, 0.4) is 0 Å². The molecule has 1 saturated heterocycles. The largest absolute Gasteiger partial charge is 0.507 e. The Morgan fingerprint density at radius 3 is 2.56 bits per heavy atom. The summed E-state index contributed by atoms with van der Waals surface area (Å²) in [5.41, 5.74) is 1.35. The van der Waals surface area contributed by atoms with Crippen molar-refractivity contribution in [2.45, 2.75) is 12.8 Å². The van der Waals surface area contributed by atoms with Gasteiger partial charge in [0.1, 0.15) is 11.6 Å². The summed E-state index contributed by atoms with van der Waals surface area (Å²) < 4.78 is 19.7. The maximum absolute atomic E-state index is 14.7. The van der Waals surface area contributed by atoms with Crippen LogP contribution in [0.25, 0.3) is 22.4 Å². The Balaban J connectivity index is 1.67. The molecule has 138 valence electrons. The fourth-order valence-electron chi connectivity index (χ4n) is 3.17. The lowest BCUT2D eigenvalue weighted by Gasteiger charge is -2.15. The fourth-order valence-corrected chi connectivity index (χ4v) is 3.17. The first-order valence-electron chi connectivity index (χ1n) is 8.64. The molecule has 0 unspecified atom stereocenters. The topological polar surface area (TPSA) is 84.3 Å². The molecule has 0 aliphatic carbocycles. The lowest BCUT2D eigenvalue weighted by molar-refractivity contribution is 0.392. The van der Waals surface area contributed by atoms with E-state index in [1.54, 1.807) is 12.1 Å². The molecule has 7 nitrogen and oxygen atoms in total. The first-order valence-corrected chi connectivity index (χ1v) is 8.64. The van der Waals surface area contributed by atoms with Gasteiger partial charge in [-0.1, -0.05) is 0 Å². The minimum Gasteiger partial charge on any atom is -0.507 e. The highest BCUT2D eigenvalue weighted by Gasteiger charge is 2.17. The molecule has 1 N–H and O–H groups in total. The Hall–Kier alpha value is -3.29. The Labute approximate surface area is 155 Å². The highest BCUT2D eigenvalue weighted by molar-refractivity contribution is 5.75. The lowest BCUT2D eigenvalue weighted by atomic mass is 10.0. The van der Waals surface area contributed by atoms with E-state index in [1.165, 1.54) is 25.4 Å². The van der Waals surface area contributed by atoms with Crippen LogP contribution in [-0.4, -0.2) is 45.7 Å². The van der Waals surface area contributed by atoms with E-state index < -0.39 is 5.82 Å². The van der Waals surface area contributed by atoms with E-state index in [1.807, 2.05) is 6.07 Å². The monoisotopic (exact) mass is 367 g/mol. The molecule has 0 spiro atoms. The third kappa shape index (κ3) is 3.38. The van der Waals surface area contributed by atoms with Gasteiger partial charge in [-0.25, -0.2) is 4.39 Å². The van der Waals surface area contributed by atoms with Crippen molar-refractivity contribution in [3.63, 3.8) is 0 Å². The number of nitrogens with zero attached hydrogens (tertiary/aromatic N) is 5. The maximum Gasteiger partial charge on any atom is 0.233 e. The van der Waals surface area contributed by atoms with Crippen LogP contribution in [0.2, 0.25) is 0 Å². The molecule has 0 amide bonds. The molecule has 0 bridgehead atoms. The van der Waals surface area contributed by atoms with E-state index in [0.29, 0.717) is 11.3 Å². The number of phenolic OH excluding ortho intramolecular Hbond substituents is 1. The number of anilines is 1. The zero-order valence-corrected chi connectivity index (χ0v) is 14.8. The quantitative estimate of drug-likeness (QED) is 0.759. The van der Waals surface area contributed by atoms with Gasteiger partial charge in [-0.3, -0.25) is 0 Å². The maximum atomic E-state index is 14.7. The summed E-state index contributed by atoms with van der Waals surface area (Å²) in [5, 5.41) is 26.4. The van der Waals surface area contributed by atoms with Crippen LogP contribution in [0.15, 0.2) is 36.5 Å². The molecule has 0 saturated carbocycles. The third-order valence-electron chi connectivity index (χ3n) is 4.59. The van der Waals surface area contributed by atoms with Gasteiger partial charge in [0.15, 0.2) is 5.82 Å². The predicted molar refractivity (Wildman–Crippen MR) is 98.1 cm³/mol. The van der Waals surface area contributed by atoms with E-state index in [0.717, 1.165) is 31.7 Å². The molecule has 4 rings (SSSR count). The second-order valence-corrected chi connectivity index (χ2v) is 6.31. The summed E-state index contributed by atoms with van der Waals surface area (Å²) in [6, 6.07) is 7.73. The standard InChI is InChI=1S/C19H18FN5O2/c1-27-19-8-12(11-21-24-19)13-10-17(26)14(9-15(13)20)16-4-5-18(23-22-16)25-6-2-3-7-25/h4-5,8-11,26H,2-3,6-7H2,1H3. The minimum absolute atomic E-state index is 0.0922. The van der Waals surface area contributed by atoms with Gasteiger partial charge in [0.25, 0.3) is 0 Å². The number of benzene rings is 1. The molecule has 0 radical (unpaired) electrons. The molecule has 3 aromatic rings. The van der Waals surface area contributed by atoms with Crippen LogP contribution in [0, 0.1) is 5.82 Å². The third-order valence-corrected chi connectivity index (χ3v) is 4.59. The van der Waals surface area contributed by atoms with Gasteiger partial charge in [-0.2, -0.15) is 5.10 Å². The van der Waals surface area contributed by atoms with E-state index >= 15 is 0 Å². The van der Waals surface area contributed by atoms with Crippen molar-refractivity contribution in [1.82, 2.24) is 20.4 Å². The average molecular weight is 367 g/mol. The van der Waals surface area contributed by atoms with E-state index in [9.17, 15) is 9.50 Å². The van der Waals surface area contributed by atoms with Crippen molar-refractivity contribution >= 4 is 5.82 Å². The van der Waals surface area contributed by atoms with Crippen LogP contribution in [0.1, 0.15) is 12.8 Å². The fraction of sp³-hybridized carbons (Fsp3) is 0.263. The summed E-state index contributed by atoms with van der Waals surface area (Å²) in [4.78, 5) is 2.16. The van der Waals surface area contributed by atoms with Crippen LogP contribution < -0.4 is 9.64 Å². The van der Waals surface area contributed by atoms with Gasteiger partial charge in [-0.05, 0) is 37.1 Å². The second-order valence-electron chi connectivity index (χ2n) is 6.31. The molecule has 1 aliphatic heterocycles. The lowest BCUT2D eigenvalue weighted by Crippen LogP contribution is -2.19. The van der Waals surface area contributed by atoms with Crippen molar-refractivity contribution in [3.05, 3.63) is 42.3 Å². The number of methoxy groups -OCH3 is 1. The normalized spacial score (nSPS) is 13.8. The van der Waals surface area contributed by atoms with Crippen LogP contribution in [-0.2, 0) is 0 Å². The molecule has 1 aliphatic rings. The van der Waals surface area contributed by atoms with E-state index in [2.05, 4.69) is 25.3 Å². The summed E-state index contributed by atoms with van der Waals surface area (Å²) in [7, 11) is 1.45. The molecular weight excluding hydrogens is 349 g/mol. The van der Waals surface area contributed by atoms with E-state index in [-0.39, 0.29) is 22.8 Å². The highest BCUT2D eigenvalue weighted by atomic mass is 19.1. The van der Waals surface area contributed by atoms with Crippen LogP contribution in [0.5, 0.6) is 11.6 Å². The molecule has 1 fully saturated rings. The van der Waals surface area contributed by atoms with Gasteiger partial charge in [-0.15, -0.1) is 15.3 Å². The first kappa shape index (κ1) is 17.1. The Kier molecular flexibility index (Phi) is 4.53. The average Bonchev–Trinajstić information content (AvgIpc) is 3.24. The van der Waals surface area contributed by atoms with Gasteiger partial charge >= 0.3 is 0 Å². The molecule has 0 atom stereocenters. The number of hydrogen-bond donors (Lipinski definition) is 1. The molecule has 27 heavy (non-hydrogen) atoms. The van der Waals surface area contributed by atoms with Crippen LogP contribution >= 0.6 is 0 Å². The summed E-state index contributed by atoms with van der Waals surface area (Å²) in [6.45, 7) is 1.93.